The van der Waals surface area contributed by atoms with Crippen LogP contribution in [0.2, 0.25) is 0 Å². The number of nitrogens with zero attached hydrogens (tertiary/aromatic N) is 2. The van der Waals surface area contributed by atoms with Crippen molar-refractivity contribution in [2.24, 2.45) is 0 Å². The van der Waals surface area contributed by atoms with Crippen LogP contribution in [0.25, 0.3) is 21.5 Å². The second-order valence-corrected chi connectivity index (χ2v) is 9.38. The zero-order valence-electron chi connectivity index (χ0n) is 19.1. The molecule has 3 aromatic rings. The van der Waals surface area contributed by atoms with Gasteiger partial charge >= 0.3 is 5.97 Å². The molecule has 0 aliphatic carbocycles. The van der Waals surface area contributed by atoms with Crippen molar-refractivity contribution in [3.63, 3.8) is 0 Å². The van der Waals surface area contributed by atoms with Gasteiger partial charge in [0.15, 0.2) is 0 Å². The van der Waals surface area contributed by atoms with Crippen LogP contribution >= 0.6 is 0 Å². The molecule has 168 valence electrons. The highest BCUT2D eigenvalue weighted by Gasteiger charge is 2.23. The first-order valence-electron chi connectivity index (χ1n) is 11.2. The lowest BCUT2D eigenvalue weighted by atomic mass is 10.0. The molecule has 0 bridgehead atoms. The number of carbonyl (C=O) groups excluding carboxylic acids is 2. The quantitative estimate of drug-likeness (QED) is 0.489. The van der Waals surface area contributed by atoms with Crippen LogP contribution in [-0.4, -0.2) is 66.5 Å². The zero-order chi connectivity index (χ0) is 22.7. The minimum Gasteiger partial charge on any atom is -0.459 e. The summed E-state index contributed by atoms with van der Waals surface area (Å²) in [6.45, 7) is 9.22. The molecule has 32 heavy (non-hydrogen) atoms. The third-order valence-electron chi connectivity index (χ3n) is 5.65. The molecule has 0 saturated carbocycles. The average Bonchev–Trinajstić information content (AvgIpc) is 2.73. The SMILES string of the molecule is CC(C)(C)OC(=O)CN1CCN(CC(=O)Nc2cccc3ccc4ccccc4c23)CC1. The fraction of sp³-hybridized carbons (Fsp3) is 0.385. The Kier molecular flexibility index (Phi) is 6.44. The Balaban J connectivity index is 1.36. The van der Waals surface area contributed by atoms with Gasteiger partial charge in [-0.15, -0.1) is 0 Å². The van der Waals surface area contributed by atoms with Crippen LogP contribution in [-0.2, 0) is 14.3 Å². The number of amides is 1. The number of hydrogen-bond acceptors (Lipinski definition) is 5. The lowest BCUT2D eigenvalue weighted by Crippen LogP contribution is -2.50. The number of ether oxygens (including phenoxy) is 1. The van der Waals surface area contributed by atoms with Crippen LogP contribution in [0.3, 0.4) is 0 Å². The molecule has 0 unspecified atom stereocenters. The van der Waals surface area contributed by atoms with Gasteiger partial charge in [-0.3, -0.25) is 19.4 Å². The lowest BCUT2D eigenvalue weighted by Gasteiger charge is -2.34. The number of anilines is 1. The van der Waals surface area contributed by atoms with Crippen LogP contribution in [0, 0.1) is 0 Å². The highest BCUT2D eigenvalue weighted by Crippen LogP contribution is 2.31. The molecule has 1 N–H and O–H groups in total. The number of esters is 1. The fourth-order valence-electron chi connectivity index (χ4n) is 4.22. The molecular formula is C26H31N3O3. The third kappa shape index (κ3) is 5.44. The van der Waals surface area contributed by atoms with Gasteiger partial charge in [-0.2, -0.15) is 0 Å². The zero-order valence-corrected chi connectivity index (χ0v) is 19.1. The van der Waals surface area contributed by atoms with Gasteiger partial charge in [-0.1, -0.05) is 48.5 Å². The maximum Gasteiger partial charge on any atom is 0.320 e. The van der Waals surface area contributed by atoms with Gasteiger partial charge in [0, 0.05) is 37.3 Å². The van der Waals surface area contributed by atoms with Crippen LogP contribution in [0.1, 0.15) is 20.8 Å². The largest absolute Gasteiger partial charge is 0.459 e. The van der Waals surface area contributed by atoms with Crippen molar-refractivity contribution in [1.29, 1.82) is 0 Å². The molecule has 1 fully saturated rings. The van der Waals surface area contributed by atoms with Crippen molar-refractivity contribution < 1.29 is 14.3 Å². The molecule has 0 atom stereocenters. The molecule has 4 rings (SSSR count). The number of rotatable bonds is 5. The third-order valence-corrected chi connectivity index (χ3v) is 5.65. The van der Waals surface area contributed by atoms with Crippen molar-refractivity contribution in [2.45, 2.75) is 26.4 Å². The van der Waals surface area contributed by atoms with E-state index in [-0.39, 0.29) is 11.9 Å². The van der Waals surface area contributed by atoms with Crippen molar-refractivity contribution in [3.05, 3.63) is 54.6 Å². The van der Waals surface area contributed by atoms with Crippen molar-refractivity contribution in [2.75, 3.05) is 44.6 Å². The summed E-state index contributed by atoms with van der Waals surface area (Å²) in [5.41, 5.74) is 0.372. The smallest absolute Gasteiger partial charge is 0.320 e. The van der Waals surface area contributed by atoms with E-state index in [9.17, 15) is 9.59 Å². The topological polar surface area (TPSA) is 61.9 Å². The summed E-state index contributed by atoms with van der Waals surface area (Å²) in [6.07, 6.45) is 0. The van der Waals surface area contributed by atoms with Gasteiger partial charge in [0.25, 0.3) is 0 Å². The number of hydrogen-bond donors (Lipinski definition) is 1. The van der Waals surface area contributed by atoms with E-state index in [1.807, 2.05) is 45.0 Å². The second kappa shape index (κ2) is 9.27. The summed E-state index contributed by atoms with van der Waals surface area (Å²) >= 11 is 0. The standard InChI is InChI=1S/C26H31N3O3/c1-26(2,3)32-24(31)18-29-15-13-28(14-16-29)17-23(30)27-22-10-6-8-20-12-11-19-7-4-5-9-21(19)25(20)22/h4-12H,13-18H2,1-3H3,(H,27,30). The molecule has 0 spiro atoms. The Labute approximate surface area is 189 Å². The summed E-state index contributed by atoms with van der Waals surface area (Å²) in [5, 5.41) is 7.60. The monoisotopic (exact) mass is 433 g/mol. The van der Waals surface area contributed by atoms with Crippen LogP contribution in [0.4, 0.5) is 5.69 Å². The molecular weight excluding hydrogens is 402 g/mol. The molecule has 0 aromatic heterocycles. The summed E-state index contributed by atoms with van der Waals surface area (Å²) in [6, 6.07) is 18.4. The van der Waals surface area contributed by atoms with Crippen LogP contribution < -0.4 is 5.32 Å². The number of fused-ring (bicyclic) bond motifs is 3. The first-order valence-corrected chi connectivity index (χ1v) is 11.2. The van der Waals surface area contributed by atoms with E-state index in [2.05, 4.69) is 45.4 Å². The minimum atomic E-state index is -0.468. The number of nitrogens with one attached hydrogen (secondary N) is 1. The number of carbonyl (C=O) groups is 2. The highest BCUT2D eigenvalue weighted by atomic mass is 16.6. The van der Waals surface area contributed by atoms with E-state index in [1.54, 1.807) is 0 Å². The Morgan fingerprint density at radius 2 is 1.47 bits per heavy atom. The first-order chi connectivity index (χ1) is 15.3. The minimum absolute atomic E-state index is 0.0222. The predicted molar refractivity (Wildman–Crippen MR) is 129 cm³/mol. The Hall–Kier alpha value is -2.96. The first kappa shape index (κ1) is 22.2. The van der Waals surface area contributed by atoms with Crippen molar-refractivity contribution in [3.8, 4) is 0 Å². The molecule has 0 radical (unpaired) electrons. The lowest BCUT2D eigenvalue weighted by molar-refractivity contribution is -0.156. The Morgan fingerprint density at radius 1 is 0.844 bits per heavy atom. The van der Waals surface area contributed by atoms with E-state index in [0.717, 1.165) is 53.4 Å². The molecule has 1 aliphatic rings. The Morgan fingerprint density at radius 3 is 2.19 bits per heavy atom. The summed E-state index contributed by atoms with van der Waals surface area (Å²) in [7, 11) is 0. The summed E-state index contributed by atoms with van der Waals surface area (Å²) in [5.74, 6) is -0.224. The molecule has 6 heteroatoms. The predicted octanol–water partition coefficient (Wildman–Crippen LogP) is 3.89. The van der Waals surface area contributed by atoms with Gasteiger partial charge in [-0.05, 0) is 43.0 Å². The van der Waals surface area contributed by atoms with Crippen LogP contribution in [0.5, 0.6) is 0 Å². The van der Waals surface area contributed by atoms with E-state index in [1.165, 1.54) is 0 Å². The van der Waals surface area contributed by atoms with Gasteiger partial charge in [0.05, 0.1) is 13.1 Å². The normalized spacial score (nSPS) is 15.7. The van der Waals surface area contributed by atoms with Gasteiger partial charge in [-0.25, -0.2) is 0 Å². The molecule has 3 aromatic carbocycles. The van der Waals surface area contributed by atoms with E-state index < -0.39 is 5.60 Å². The van der Waals surface area contributed by atoms with Crippen LogP contribution in [0.15, 0.2) is 54.6 Å². The average molecular weight is 434 g/mol. The van der Waals surface area contributed by atoms with E-state index in [0.29, 0.717) is 13.1 Å². The molecule has 6 nitrogen and oxygen atoms in total. The van der Waals surface area contributed by atoms with Crippen molar-refractivity contribution >= 4 is 39.1 Å². The molecule has 1 amide bonds. The maximum absolute atomic E-state index is 12.8. The summed E-state index contributed by atoms with van der Waals surface area (Å²) in [4.78, 5) is 29.1. The fourth-order valence-corrected chi connectivity index (χ4v) is 4.22. The summed E-state index contributed by atoms with van der Waals surface area (Å²) < 4.78 is 5.41. The maximum atomic E-state index is 12.8. The molecule has 1 aliphatic heterocycles. The highest BCUT2D eigenvalue weighted by molar-refractivity contribution is 6.15. The molecule has 1 saturated heterocycles. The van der Waals surface area contributed by atoms with E-state index in [4.69, 9.17) is 4.74 Å². The van der Waals surface area contributed by atoms with Gasteiger partial charge in [0.1, 0.15) is 5.60 Å². The van der Waals surface area contributed by atoms with E-state index >= 15 is 0 Å². The van der Waals surface area contributed by atoms with Crippen molar-refractivity contribution in [1.82, 2.24) is 9.80 Å². The van der Waals surface area contributed by atoms with Gasteiger partial charge in [0.2, 0.25) is 5.91 Å². The second-order valence-electron chi connectivity index (χ2n) is 9.38. The number of piperazine rings is 1. The number of benzene rings is 3. The Bertz CT molecular complexity index is 1130. The van der Waals surface area contributed by atoms with Gasteiger partial charge < -0.3 is 10.1 Å². The molecule has 1 heterocycles.